The van der Waals surface area contributed by atoms with Crippen LogP contribution in [0.15, 0.2) is 53.6 Å². The predicted octanol–water partition coefficient (Wildman–Crippen LogP) is 3.33. The number of halogens is 4. The molecule has 31 heavy (non-hydrogen) atoms. The number of nitrogens with one attached hydrogen (secondary N) is 1. The van der Waals surface area contributed by atoms with E-state index in [0.717, 1.165) is 0 Å². The van der Waals surface area contributed by atoms with E-state index in [1.54, 1.807) is 18.2 Å². The fraction of sp³-hybridized carbons (Fsp3) is 0.250. The number of nitrogens with zero attached hydrogens (tertiary/aromatic N) is 1. The highest BCUT2D eigenvalue weighted by Crippen LogP contribution is 2.23. The van der Waals surface area contributed by atoms with Gasteiger partial charge in [0.25, 0.3) is 5.91 Å². The van der Waals surface area contributed by atoms with Crippen molar-refractivity contribution < 1.29 is 41.7 Å². The number of hydrogen-bond donors (Lipinski definition) is 2. The van der Waals surface area contributed by atoms with Gasteiger partial charge in [0.05, 0.1) is 12.8 Å². The second-order valence-corrected chi connectivity index (χ2v) is 6.17. The standard InChI is InChI=1S/C20H18F4N2O5/c21-19(22)20(23,24)12-30-10-13-4-3-6-14(8-13)18(29)26-25-9-15-5-1-2-7-16(15)31-11-17(27)28/h1-9,19H,10-12H2,(H,26,29)(H,27,28)/b25-9-. The second kappa shape index (κ2) is 11.1. The topological polar surface area (TPSA) is 97.2 Å². The third-order valence-corrected chi connectivity index (χ3v) is 3.71. The van der Waals surface area contributed by atoms with E-state index >= 15 is 0 Å². The molecule has 11 heteroatoms. The second-order valence-electron chi connectivity index (χ2n) is 6.17. The van der Waals surface area contributed by atoms with Crippen molar-refractivity contribution in [3.05, 3.63) is 65.2 Å². The van der Waals surface area contributed by atoms with Crippen LogP contribution in [-0.4, -0.2) is 48.8 Å². The van der Waals surface area contributed by atoms with Crippen molar-refractivity contribution >= 4 is 18.1 Å². The van der Waals surface area contributed by atoms with E-state index in [1.165, 1.54) is 36.5 Å². The van der Waals surface area contributed by atoms with Gasteiger partial charge in [-0.05, 0) is 29.8 Å². The first kappa shape index (κ1) is 23.8. The molecule has 0 atom stereocenters. The minimum absolute atomic E-state index is 0.134. The molecule has 2 N–H and O–H groups in total. The number of hydrazone groups is 1. The van der Waals surface area contributed by atoms with Crippen molar-refractivity contribution in [1.29, 1.82) is 0 Å². The Hall–Kier alpha value is -3.47. The summed E-state index contributed by atoms with van der Waals surface area (Å²) in [5.74, 6) is -5.78. The normalized spacial score (nSPS) is 11.6. The van der Waals surface area contributed by atoms with E-state index in [2.05, 4.69) is 15.3 Å². The number of carbonyl (C=O) groups is 2. The fourth-order valence-electron chi connectivity index (χ4n) is 2.25. The van der Waals surface area contributed by atoms with Crippen LogP contribution in [0.1, 0.15) is 21.5 Å². The van der Waals surface area contributed by atoms with Crippen LogP contribution in [0.2, 0.25) is 0 Å². The molecule has 166 valence electrons. The summed E-state index contributed by atoms with van der Waals surface area (Å²) in [6, 6.07) is 12.2. The smallest absolute Gasteiger partial charge is 0.341 e. The Balaban J connectivity index is 1.95. The van der Waals surface area contributed by atoms with Crippen molar-refractivity contribution in [1.82, 2.24) is 5.43 Å². The zero-order valence-corrected chi connectivity index (χ0v) is 15.9. The third kappa shape index (κ3) is 7.70. The van der Waals surface area contributed by atoms with Crippen molar-refractivity contribution in [2.24, 2.45) is 5.10 Å². The molecule has 2 rings (SSSR count). The average Bonchev–Trinajstić information content (AvgIpc) is 2.73. The molecule has 0 radical (unpaired) electrons. The summed E-state index contributed by atoms with van der Waals surface area (Å²) < 4.78 is 59.7. The predicted molar refractivity (Wildman–Crippen MR) is 102 cm³/mol. The van der Waals surface area contributed by atoms with Crippen LogP contribution in [-0.2, 0) is 16.1 Å². The molecule has 0 unspecified atom stereocenters. The number of benzene rings is 2. The number of amides is 1. The van der Waals surface area contributed by atoms with Gasteiger partial charge in [0.15, 0.2) is 6.61 Å². The number of carbonyl (C=O) groups excluding carboxylic acids is 1. The monoisotopic (exact) mass is 442 g/mol. The van der Waals surface area contributed by atoms with Crippen LogP contribution in [0.25, 0.3) is 0 Å². The van der Waals surface area contributed by atoms with Crippen LogP contribution in [0, 0.1) is 0 Å². The molecule has 0 spiro atoms. The number of ether oxygens (including phenoxy) is 2. The third-order valence-electron chi connectivity index (χ3n) is 3.71. The molecule has 2 aromatic carbocycles. The van der Waals surface area contributed by atoms with Gasteiger partial charge in [0.1, 0.15) is 12.4 Å². The first-order chi connectivity index (χ1) is 14.7. The molecule has 2 aromatic rings. The van der Waals surface area contributed by atoms with E-state index in [0.29, 0.717) is 11.1 Å². The Bertz CT molecular complexity index is 937. The molecule has 0 heterocycles. The summed E-state index contributed by atoms with van der Waals surface area (Å²) in [5.41, 5.74) is 3.14. The van der Waals surface area contributed by atoms with Crippen LogP contribution < -0.4 is 10.2 Å². The Morgan fingerprint density at radius 2 is 1.90 bits per heavy atom. The molecule has 0 bridgehead atoms. The van der Waals surface area contributed by atoms with Gasteiger partial charge in [0.2, 0.25) is 0 Å². The SMILES string of the molecule is O=C(O)COc1ccccc1/C=N\NC(=O)c1cccc(COCC(F)(F)C(F)F)c1. The van der Waals surface area contributed by atoms with E-state index in [1.807, 2.05) is 0 Å². The lowest BCUT2D eigenvalue weighted by atomic mass is 10.1. The first-order valence-corrected chi connectivity index (χ1v) is 8.78. The van der Waals surface area contributed by atoms with Gasteiger partial charge in [-0.1, -0.05) is 24.3 Å². The highest BCUT2D eigenvalue weighted by atomic mass is 19.3. The number of carboxylic acid groups (broad SMARTS) is 1. The molecule has 0 aliphatic heterocycles. The molecular weight excluding hydrogens is 424 g/mol. The minimum atomic E-state index is -4.26. The Labute approximate surface area is 174 Å². The number of aliphatic carboxylic acids is 1. The Morgan fingerprint density at radius 1 is 1.16 bits per heavy atom. The lowest BCUT2D eigenvalue weighted by Gasteiger charge is -2.15. The van der Waals surface area contributed by atoms with Crippen molar-refractivity contribution in [3.8, 4) is 5.75 Å². The molecule has 0 saturated heterocycles. The van der Waals surface area contributed by atoms with Gasteiger partial charge in [-0.25, -0.2) is 19.0 Å². The molecule has 0 fully saturated rings. The molecule has 0 aliphatic carbocycles. The summed E-state index contributed by atoms with van der Waals surface area (Å²) >= 11 is 0. The van der Waals surface area contributed by atoms with Crippen molar-refractivity contribution in [2.75, 3.05) is 13.2 Å². The minimum Gasteiger partial charge on any atom is -0.481 e. The average molecular weight is 442 g/mol. The van der Waals surface area contributed by atoms with Crippen LogP contribution in [0.3, 0.4) is 0 Å². The Morgan fingerprint density at radius 3 is 2.61 bits per heavy atom. The molecule has 1 amide bonds. The van der Waals surface area contributed by atoms with Gasteiger partial charge in [-0.2, -0.15) is 13.9 Å². The lowest BCUT2D eigenvalue weighted by Crippen LogP contribution is -2.32. The van der Waals surface area contributed by atoms with E-state index < -0.39 is 37.4 Å². The summed E-state index contributed by atoms with van der Waals surface area (Å²) in [4.78, 5) is 22.8. The molecule has 0 aliphatic rings. The van der Waals surface area contributed by atoms with E-state index in [4.69, 9.17) is 9.84 Å². The largest absolute Gasteiger partial charge is 0.481 e. The molecule has 7 nitrogen and oxygen atoms in total. The van der Waals surface area contributed by atoms with Crippen LogP contribution >= 0.6 is 0 Å². The van der Waals surface area contributed by atoms with Gasteiger partial charge in [0, 0.05) is 11.1 Å². The quantitative estimate of drug-likeness (QED) is 0.316. The number of carboxylic acids is 1. The highest BCUT2D eigenvalue weighted by Gasteiger charge is 2.40. The number of alkyl halides is 4. The number of rotatable bonds is 11. The summed E-state index contributed by atoms with van der Waals surface area (Å²) in [6.07, 6.45) is -2.57. The van der Waals surface area contributed by atoms with Gasteiger partial charge >= 0.3 is 18.3 Å². The highest BCUT2D eigenvalue weighted by molar-refractivity contribution is 5.95. The van der Waals surface area contributed by atoms with Gasteiger partial charge < -0.3 is 14.6 Å². The maximum Gasteiger partial charge on any atom is 0.341 e. The maximum absolute atomic E-state index is 12.9. The number of para-hydroxylation sites is 1. The van der Waals surface area contributed by atoms with Crippen molar-refractivity contribution in [2.45, 2.75) is 19.0 Å². The zero-order chi connectivity index (χ0) is 22.9. The summed E-state index contributed by atoms with van der Waals surface area (Å²) in [7, 11) is 0. The molecule has 0 saturated carbocycles. The number of hydrogen-bond acceptors (Lipinski definition) is 5. The van der Waals surface area contributed by atoms with Crippen molar-refractivity contribution in [3.63, 3.8) is 0 Å². The zero-order valence-electron chi connectivity index (χ0n) is 15.9. The van der Waals surface area contributed by atoms with Gasteiger partial charge in [-0.15, -0.1) is 0 Å². The van der Waals surface area contributed by atoms with Crippen LogP contribution in [0.5, 0.6) is 5.75 Å². The van der Waals surface area contributed by atoms with Gasteiger partial charge in [-0.3, -0.25) is 4.79 Å². The Kier molecular flexibility index (Phi) is 8.50. The first-order valence-electron chi connectivity index (χ1n) is 8.78. The summed E-state index contributed by atoms with van der Waals surface area (Å²) in [5, 5.41) is 12.5. The van der Waals surface area contributed by atoms with E-state index in [9.17, 15) is 27.2 Å². The van der Waals surface area contributed by atoms with E-state index in [-0.39, 0.29) is 17.9 Å². The molecular formula is C20H18F4N2O5. The fourth-order valence-corrected chi connectivity index (χ4v) is 2.25. The maximum atomic E-state index is 12.9. The summed E-state index contributed by atoms with van der Waals surface area (Å²) in [6.45, 7) is -2.38. The van der Waals surface area contributed by atoms with Crippen LogP contribution in [0.4, 0.5) is 17.6 Å². The molecule has 0 aromatic heterocycles. The lowest BCUT2D eigenvalue weighted by molar-refractivity contribution is -0.168.